The molecule has 3 N–H and O–H groups in total. The third-order valence-corrected chi connectivity index (χ3v) is 3.80. The molecule has 0 bridgehead atoms. The van der Waals surface area contributed by atoms with Crippen LogP contribution in [-0.2, 0) is 4.79 Å². The van der Waals surface area contributed by atoms with Crippen molar-refractivity contribution in [2.24, 2.45) is 0 Å². The fourth-order valence-electron chi connectivity index (χ4n) is 2.45. The van der Waals surface area contributed by atoms with Gasteiger partial charge in [0, 0.05) is 5.39 Å². The first kappa shape index (κ1) is 18.2. The average Bonchev–Trinajstić information content (AvgIpc) is 3.12. The summed E-state index contributed by atoms with van der Waals surface area (Å²) in [6.45, 7) is 4.06. The molecule has 2 aromatic carbocycles. The minimum absolute atomic E-state index is 0.200. The van der Waals surface area contributed by atoms with Crippen LogP contribution in [0.3, 0.4) is 0 Å². The molecule has 140 valence electrons. The van der Waals surface area contributed by atoms with Crippen LogP contribution >= 0.6 is 0 Å². The van der Waals surface area contributed by atoms with Crippen LogP contribution in [0.15, 0.2) is 48.5 Å². The molecule has 0 spiro atoms. The number of fused-ring (bicyclic) bond motifs is 1. The molecule has 1 aromatic heterocycles. The van der Waals surface area contributed by atoms with Gasteiger partial charge in [0.05, 0.1) is 12.1 Å². The number of carbonyl (C=O) groups excluding carboxylic acids is 2. The van der Waals surface area contributed by atoms with Crippen molar-refractivity contribution >= 4 is 22.7 Å². The second-order valence-corrected chi connectivity index (χ2v) is 5.73. The Morgan fingerprint density at radius 2 is 1.78 bits per heavy atom. The van der Waals surface area contributed by atoms with Crippen LogP contribution < -0.4 is 20.3 Å². The summed E-state index contributed by atoms with van der Waals surface area (Å²) >= 11 is 0. The van der Waals surface area contributed by atoms with Crippen molar-refractivity contribution in [2.45, 2.75) is 20.0 Å². The van der Waals surface area contributed by atoms with Gasteiger partial charge in [-0.05, 0) is 44.2 Å². The highest BCUT2D eigenvalue weighted by Gasteiger charge is 2.18. The van der Waals surface area contributed by atoms with Crippen LogP contribution in [-0.4, -0.2) is 34.7 Å². The van der Waals surface area contributed by atoms with Crippen molar-refractivity contribution in [3.63, 3.8) is 0 Å². The van der Waals surface area contributed by atoms with E-state index in [2.05, 4.69) is 21.0 Å². The molecule has 3 aromatic rings. The molecule has 8 heteroatoms. The van der Waals surface area contributed by atoms with E-state index in [0.29, 0.717) is 17.7 Å². The topological polar surface area (TPSA) is 105 Å². The smallest absolute Gasteiger partial charge is 0.290 e. The number of H-pyrrole nitrogens is 1. The van der Waals surface area contributed by atoms with E-state index < -0.39 is 17.9 Å². The van der Waals surface area contributed by atoms with E-state index in [9.17, 15) is 9.59 Å². The molecule has 8 nitrogen and oxygen atoms in total. The molecule has 0 aliphatic rings. The number of hydrogen-bond acceptors (Lipinski definition) is 5. The number of aromatic nitrogens is 2. The fourth-order valence-corrected chi connectivity index (χ4v) is 2.45. The Labute approximate surface area is 155 Å². The van der Waals surface area contributed by atoms with E-state index in [1.165, 1.54) is 0 Å². The third kappa shape index (κ3) is 4.35. The summed E-state index contributed by atoms with van der Waals surface area (Å²) < 4.78 is 10.9. The van der Waals surface area contributed by atoms with Gasteiger partial charge in [-0.15, -0.1) is 0 Å². The molecule has 0 aliphatic heterocycles. The summed E-state index contributed by atoms with van der Waals surface area (Å²) in [5, 5.41) is 7.41. The highest BCUT2D eigenvalue weighted by atomic mass is 16.5. The number of hydrazine groups is 1. The normalized spacial score (nSPS) is 11.6. The second-order valence-electron chi connectivity index (χ2n) is 5.73. The Bertz CT molecular complexity index is 936. The lowest BCUT2D eigenvalue weighted by atomic mass is 10.2. The summed E-state index contributed by atoms with van der Waals surface area (Å²) in [7, 11) is 0. The van der Waals surface area contributed by atoms with Crippen molar-refractivity contribution in [1.82, 2.24) is 21.0 Å². The fraction of sp³-hybridized carbons (Fsp3) is 0.211. The number of amides is 2. The molecule has 0 saturated carbocycles. The zero-order chi connectivity index (χ0) is 19.2. The molecular weight excluding hydrogens is 348 g/mol. The molecule has 1 atom stereocenters. The van der Waals surface area contributed by atoms with Gasteiger partial charge in [0.25, 0.3) is 11.8 Å². The van der Waals surface area contributed by atoms with Crippen molar-refractivity contribution in [2.75, 3.05) is 6.61 Å². The number of para-hydroxylation sites is 1. The minimum atomic E-state index is -0.806. The number of aromatic amines is 1. The molecule has 2 amide bonds. The highest BCUT2D eigenvalue weighted by Crippen LogP contribution is 2.18. The van der Waals surface area contributed by atoms with E-state index in [-0.39, 0.29) is 5.69 Å². The first-order valence-corrected chi connectivity index (χ1v) is 8.51. The maximum atomic E-state index is 12.2. The van der Waals surface area contributed by atoms with Gasteiger partial charge in [-0.1, -0.05) is 18.2 Å². The number of ether oxygens (including phenoxy) is 2. The molecule has 0 aliphatic carbocycles. The highest BCUT2D eigenvalue weighted by molar-refractivity contribution is 6.05. The molecule has 0 saturated heterocycles. The maximum absolute atomic E-state index is 12.2. The molecular formula is C19H20N4O4. The lowest BCUT2D eigenvalue weighted by Gasteiger charge is -2.15. The lowest BCUT2D eigenvalue weighted by molar-refractivity contribution is -0.128. The van der Waals surface area contributed by atoms with Gasteiger partial charge in [0.2, 0.25) is 0 Å². The van der Waals surface area contributed by atoms with E-state index in [4.69, 9.17) is 9.47 Å². The summed E-state index contributed by atoms with van der Waals surface area (Å²) in [6, 6.07) is 14.2. The van der Waals surface area contributed by atoms with Gasteiger partial charge in [-0.3, -0.25) is 25.5 Å². The Hall–Kier alpha value is -3.55. The number of nitrogens with zero attached hydrogens (tertiary/aromatic N) is 1. The van der Waals surface area contributed by atoms with Crippen LogP contribution in [0.2, 0.25) is 0 Å². The van der Waals surface area contributed by atoms with Crippen LogP contribution in [0.1, 0.15) is 24.3 Å². The van der Waals surface area contributed by atoms with Crippen molar-refractivity contribution in [3.05, 3.63) is 54.2 Å². The largest absolute Gasteiger partial charge is 0.494 e. The zero-order valence-corrected chi connectivity index (χ0v) is 15.0. The maximum Gasteiger partial charge on any atom is 0.290 e. The van der Waals surface area contributed by atoms with Crippen LogP contribution in [0.4, 0.5) is 0 Å². The second kappa shape index (κ2) is 8.22. The Morgan fingerprint density at radius 3 is 2.52 bits per heavy atom. The number of hydrogen-bond donors (Lipinski definition) is 3. The Balaban J connectivity index is 1.54. The SMILES string of the molecule is CCOc1ccc(O[C@@H](C)C(=O)NNC(=O)c2n[nH]c3ccccc23)cc1. The molecule has 3 rings (SSSR count). The van der Waals surface area contributed by atoms with E-state index in [0.717, 1.165) is 11.3 Å². The average molecular weight is 368 g/mol. The number of benzene rings is 2. The van der Waals surface area contributed by atoms with Crippen LogP contribution in [0.5, 0.6) is 11.5 Å². The van der Waals surface area contributed by atoms with Crippen molar-refractivity contribution < 1.29 is 19.1 Å². The molecule has 1 heterocycles. The summed E-state index contributed by atoms with van der Waals surface area (Å²) in [5.74, 6) is 0.234. The van der Waals surface area contributed by atoms with Gasteiger partial charge in [-0.2, -0.15) is 5.10 Å². The van der Waals surface area contributed by atoms with Crippen LogP contribution in [0.25, 0.3) is 10.9 Å². The zero-order valence-electron chi connectivity index (χ0n) is 15.0. The monoisotopic (exact) mass is 368 g/mol. The van der Waals surface area contributed by atoms with E-state index in [1.54, 1.807) is 43.3 Å². The third-order valence-electron chi connectivity index (χ3n) is 3.80. The molecule has 0 unspecified atom stereocenters. The standard InChI is InChI=1S/C19H20N4O4/c1-3-26-13-8-10-14(11-9-13)27-12(2)18(24)22-23-19(25)17-15-6-4-5-7-16(15)20-21-17/h4-12H,3H2,1-2H3,(H,20,21)(H,22,24)(H,23,25)/t12-/m0/s1. The first-order valence-electron chi connectivity index (χ1n) is 8.51. The minimum Gasteiger partial charge on any atom is -0.494 e. The molecule has 0 fully saturated rings. The number of rotatable bonds is 6. The van der Waals surface area contributed by atoms with Gasteiger partial charge >= 0.3 is 0 Å². The number of carbonyl (C=O) groups is 2. The quantitative estimate of drug-likeness (QED) is 0.579. The lowest BCUT2D eigenvalue weighted by Crippen LogP contribution is -2.47. The molecule has 27 heavy (non-hydrogen) atoms. The molecule has 0 radical (unpaired) electrons. The van der Waals surface area contributed by atoms with Gasteiger partial charge in [-0.25, -0.2) is 0 Å². The predicted molar refractivity (Wildman–Crippen MR) is 99.4 cm³/mol. The summed E-state index contributed by atoms with van der Waals surface area (Å²) in [4.78, 5) is 24.4. The number of nitrogens with one attached hydrogen (secondary N) is 3. The first-order chi connectivity index (χ1) is 13.1. The van der Waals surface area contributed by atoms with E-state index in [1.807, 2.05) is 19.1 Å². The van der Waals surface area contributed by atoms with Gasteiger partial charge in [0.1, 0.15) is 11.5 Å². The van der Waals surface area contributed by atoms with E-state index >= 15 is 0 Å². The van der Waals surface area contributed by atoms with Crippen LogP contribution in [0, 0.1) is 0 Å². The Morgan fingerprint density at radius 1 is 1.07 bits per heavy atom. The van der Waals surface area contributed by atoms with Crippen molar-refractivity contribution in [3.8, 4) is 11.5 Å². The van der Waals surface area contributed by atoms with Crippen molar-refractivity contribution in [1.29, 1.82) is 0 Å². The predicted octanol–water partition coefficient (Wildman–Crippen LogP) is 2.19. The summed E-state index contributed by atoms with van der Waals surface area (Å²) in [6.07, 6.45) is -0.806. The van der Waals surface area contributed by atoms with Gasteiger partial charge < -0.3 is 9.47 Å². The van der Waals surface area contributed by atoms with Gasteiger partial charge in [0.15, 0.2) is 11.8 Å². The Kier molecular flexibility index (Phi) is 5.55. The summed E-state index contributed by atoms with van der Waals surface area (Å²) in [5.41, 5.74) is 5.63.